The van der Waals surface area contributed by atoms with Crippen LogP contribution < -0.4 is 77.6 Å². The van der Waals surface area contributed by atoms with E-state index in [2.05, 4.69) is 210 Å². The van der Waals surface area contributed by atoms with Crippen molar-refractivity contribution in [1.29, 1.82) is 0 Å². The fraction of sp³-hybridized carbons (Fsp3) is 0.217. The van der Waals surface area contributed by atoms with Gasteiger partial charge >= 0.3 is 0 Å². The predicted molar refractivity (Wildman–Crippen MR) is 322 cm³/mol. The second-order valence-corrected chi connectivity index (χ2v) is 26.2. The van der Waals surface area contributed by atoms with Crippen molar-refractivity contribution in [3.63, 3.8) is 0 Å². The molecule has 378 valence electrons. The van der Waals surface area contributed by atoms with Crippen molar-refractivity contribution < 1.29 is 28.4 Å². The minimum Gasteiger partial charge on any atom is -0.458 e. The van der Waals surface area contributed by atoms with E-state index in [1.165, 1.54) is 16.7 Å². The molecule has 0 aliphatic carbocycles. The van der Waals surface area contributed by atoms with E-state index in [1.807, 2.05) is 0 Å². The molecule has 0 atom stereocenters. The Bertz CT molecular complexity index is 3980. The van der Waals surface area contributed by atoms with E-state index < -0.39 is 0 Å². The highest BCUT2D eigenvalue weighted by molar-refractivity contribution is 7.00. The SMILES string of the molecule is Cc1cc2c3c(c1)Oc1c(ccc4c1c1ccc5c(c1c1ccc6c(c41)Oc1cc(C)cc4c1B6c1ccc(C(C)(C)C)cc1O4)Oc1cc(C)cc4c1B5c1ccc(C(C)(C)C)cc1O4)B3c1ccc(C(C)(C)C)cc1O2. The first-order chi connectivity index (χ1) is 37.2. The summed E-state index contributed by atoms with van der Waals surface area (Å²) in [6.07, 6.45) is 0. The first-order valence-corrected chi connectivity index (χ1v) is 27.7. The molecule has 0 saturated heterocycles. The van der Waals surface area contributed by atoms with Crippen LogP contribution in [0.4, 0.5) is 0 Å². The predicted octanol–water partition coefficient (Wildman–Crippen LogP) is 12.1. The van der Waals surface area contributed by atoms with Crippen molar-refractivity contribution in [2.45, 2.75) is 99.3 Å². The Morgan fingerprint density at radius 3 is 0.769 bits per heavy atom. The van der Waals surface area contributed by atoms with E-state index in [9.17, 15) is 0 Å². The summed E-state index contributed by atoms with van der Waals surface area (Å²) in [5.74, 6) is 10.1. The van der Waals surface area contributed by atoms with Crippen LogP contribution in [0.3, 0.4) is 0 Å². The Labute approximate surface area is 456 Å². The molecule has 6 aliphatic heterocycles. The topological polar surface area (TPSA) is 55.4 Å². The Balaban J connectivity index is 1.03. The Kier molecular flexibility index (Phi) is 8.96. The van der Waals surface area contributed by atoms with Gasteiger partial charge in [0.25, 0.3) is 20.1 Å². The van der Waals surface area contributed by atoms with Crippen molar-refractivity contribution in [2.24, 2.45) is 0 Å². The molecule has 0 N–H and O–H groups in total. The van der Waals surface area contributed by atoms with Crippen LogP contribution in [0.5, 0.6) is 69.0 Å². The summed E-state index contributed by atoms with van der Waals surface area (Å²) in [7, 11) is 0. The van der Waals surface area contributed by atoms with Crippen LogP contribution in [0.2, 0.25) is 0 Å². The molecule has 0 fully saturated rings. The largest absolute Gasteiger partial charge is 0.458 e. The van der Waals surface area contributed by atoms with Crippen molar-refractivity contribution in [2.75, 3.05) is 0 Å². The lowest BCUT2D eigenvalue weighted by Crippen LogP contribution is -2.57. The molecule has 0 spiro atoms. The third-order valence-electron chi connectivity index (χ3n) is 17.8. The van der Waals surface area contributed by atoms with E-state index in [0.29, 0.717) is 0 Å². The molecule has 16 rings (SSSR count). The maximum atomic E-state index is 7.51. The highest BCUT2D eigenvalue weighted by Gasteiger charge is 2.46. The third kappa shape index (κ3) is 6.30. The molecule has 0 amide bonds. The van der Waals surface area contributed by atoms with Gasteiger partial charge in [0.05, 0.1) is 0 Å². The van der Waals surface area contributed by atoms with Gasteiger partial charge in [0.1, 0.15) is 69.0 Å². The Hall–Kier alpha value is -8.03. The van der Waals surface area contributed by atoms with Crippen LogP contribution in [0.1, 0.15) is 95.7 Å². The van der Waals surface area contributed by atoms with Crippen molar-refractivity contribution in [3.8, 4) is 69.0 Å². The lowest BCUT2D eigenvalue weighted by atomic mass is 9.34. The van der Waals surface area contributed by atoms with Crippen LogP contribution in [0.15, 0.2) is 127 Å². The van der Waals surface area contributed by atoms with Gasteiger partial charge in [-0.2, -0.15) is 0 Å². The minimum absolute atomic E-state index is 0.0612. The zero-order valence-electron chi connectivity index (χ0n) is 46.3. The fourth-order valence-electron chi connectivity index (χ4n) is 13.9. The molecule has 10 aromatic rings. The molecule has 0 aromatic heterocycles. The molecule has 10 aromatic carbocycles. The van der Waals surface area contributed by atoms with Gasteiger partial charge in [-0.25, -0.2) is 0 Å². The monoisotopic (exact) mass is 1010 g/mol. The maximum absolute atomic E-state index is 7.51. The molecule has 9 heteroatoms. The zero-order valence-corrected chi connectivity index (χ0v) is 46.3. The highest BCUT2D eigenvalue weighted by atomic mass is 16.5. The highest BCUT2D eigenvalue weighted by Crippen LogP contribution is 2.51. The minimum atomic E-state index is -0.142. The lowest BCUT2D eigenvalue weighted by Gasteiger charge is -2.36. The quantitative estimate of drug-likeness (QED) is 0.111. The van der Waals surface area contributed by atoms with Gasteiger partial charge in [0, 0.05) is 32.5 Å². The first-order valence-electron chi connectivity index (χ1n) is 27.7. The molecule has 0 radical (unpaired) electrons. The molecular formula is C69H57B3O6. The van der Waals surface area contributed by atoms with Crippen molar-refractivity contribution >= 4 is 102 Å². The van der Waals surface area contributed by atoms with Crippen LogP contribution in [-0.4, -0.2) is 20.1 Å². The number of hydrogen-bond acceptors (Lipinski definition) is 6. The van der Waals surface area contributed by atoms with E-state index in [0.717, 1.165) is 167 Å². The van der Waals surface area contributed by atoms with Crippen LogP contribution >= 0.6 is 0 Å². The van der Waals surface area contributed by atoms with Crippen molar-refractivity contribution in [1.82, 2.24) is 0 Å². The standard InChI is InChI=1S/C69H57B3O6/c1-34-25-52-61-55(28-34)76-64-46(70(61)43-19-13-37(67(4,5)6)31-49(43)73-52)22-16-40-58(64)41-17-23-47-65(77-56-29-35(2)26-53-62(56)71(47)44-20-14-38(68(7,8)9)32-50(44)74-53)60(41)42-18-24-48-66(59(40)42)78-57-30-36(3)27-54-63(57)72(48)45-21-15-39(69(10,11)12)33-51(45)75-54/h13-33H,1-12H3. The number of fused-ring (bicyclic) bond motifs is 21. The molecular weight excluding hydrogens is 957 g/mol. The first kappa shape index (κ1) is 46.1. The lowest BCUT2D eigenvalue weighted by molar-refractivity contribution is 0.464. The molecule has 6 nitrogen and oxygen atoms in total. The van der Waals surface area contributed by atoms with E-state index in [1.54, 1.807) is 0 Å². The number of rotatable bonds is 0. The average Bonchev–Trinajstić information content (AvgIpc) is 3.18. The van der Waals surface area contributed by atoms with Gasteiger partial charge in [0.2, 0.25) is 0 Å². The summed E-state index contributed by atoms with van der Waals surface area (Å²) in [6, 6.07) is 47.4. The summed E-state index contributed by atoms with van der Waals surface area (Å²) in [5.41, 5.74) is 16.5. The Morgan fingerprint density at radius 1 is 0.269 bits per heavy atom. The number of aryl methyl sites for hydroxylation is 3. The molecule has 0 unspecified atom stereocenters. The van der Waals surface area contributed by atoms with Gasteiger partial charge in [0.15, 0.2) is 0 Å². The van der Waals surface area contributed by atoms with Crippen molar-refractivity contribution in [3.05, 3.63) is 161 Å². The number of ether oxygens (including phenoxy) is 6. The fourth-order valence-corrected chi connectivity index (χ4v) is 13.9. The molecule has 78 heavy (non-hydrogen) atoms. The van der Waals surface area contributed by atoms with Crippen LogP contribution in [0, 0.1) is 20.8 Å². The second kappa shape index (κ2) is 15.2. The smallest absolute Gasteiger partial charge is 0.260 e. The summed E-state index contributed by atoms with van der Waals surface area (Å²) in [6.45, 7) is 26.3. The third-order valence-corrected chi connectivity index (χ3v) is 17.8. The number of hydrogen-bond donors (Lipinski definition) is 0. The summed E-state index contributed by atoms with van der Waals surface area (Å²) < 4.78 is 43.2. The van der Waals surface area contributed by atoms with Crippen LogP contribution in [-0.2, 0) is 16.2 Å². The zero-order chi connectivity index (χ0) is 53.4. The van der Waals surface area contributed by atoms with Gasteiger partial charge in [-0.3, -0.25) is 0 Å². The Morgan fingerprint density at radius 2 is 0.513 bits per heavy atom. The van der Waals surface area contributed by atoms with Crippen LogP contribution in [0.25, 0.3) is 32.3 Å². The summed E-state index contributed by atoms with van der Waals surface area (Å²) in [4.78, 5) is 0. The van der Waals surface area contributed by atoms with E-state index in [-0.39, 0.29) is 36.4 Å². The van der Waals surface area contributed by atoms with Gasteiger partial charge in [-0.15, -0.1) is 0 Å². The number of benzene rings is 10. The van der Waals surface area contributed by atoms with E-state index in [4.69, 9.17) is 28.4 Å². The molecule has 0 saturated carbocycles. The molecule has 6 heterocycles. The molecule has 6 aliphatic rings. The summed E-state index contributed by atoms with van der Waals surface area (Å²) >= 11 is 0. The molecule has 0 bridgehead atoms. The van der Waals surface area contributed by atoms with E-state index >= 15 is 0 Å². The average molecular weight is 1010 g/mol. The van der Waals surface area contributed by atoms with Gasteiger partial charge in [-0.1, -0.05) is 135 Å². The summed E-state index contributed by atoms with van der Waals surface area (Å²) in [5, 5.41) is 6.19. The van der Waals surface area contributed by atoms with Gasteiger partial charge in [-0.05, 0) is 174 Å². The second-order valence-electron chi connectivity index (χ2n) is 26.2. The normalized spacial score (nSPS) is 14.7. The maximum Gasteiger partial charge on any atom is 0.260 e. The van der Waals surface area contributed by atoms with Gasteiger partial charge < -0.3 is 28.4 Å².